The van der Waals surface area contributed by atoms with Crippen molar-refractivity contribution in [2.24, 2.45) is 5.73 Å². The van der Waals surface area contributed by atoms with Crippen molar-refractivity contribution in [2.75, 3.05) is 26.4 Å². The number of phosphoric ester groups is 1. The normalized spacial score (nSPS) is 13.8. The Balaban J connectivity index is 3.97. The largest absolute Gasteiger partial charge is 0.472 e. The van der Waals surface area contributed by atoms with Gasteiger partial charge in [0.05, 0.1) is 13.2 Å². The summed E-state index contributed by atoms with van der Waals surface area (Å²) in [5.41, 5.74) is 5.38. The topological polar surface area (TPSA) is 134 Å². The van der Waals surface area contributed by atoms with Gasteiger partial charge in [-0.2, -0.15) is 0 Å². The Morgan fingerprint density at radius 3 is 1.14 bits per heavy atom. The average molecular weight is 1030 g/mol. The first-order chi connectivity index (χ1) is 35.3. The number of allylic oxidation sites excluding steroid dienone is 16. The molecule has 0 aliphatic heterocycles. The molecule has 0 amide bonds. The number of hydrogen-bond donors (Lipinski definition) is 2. The lowest BCUT2D eigenvalue weighted by Gasteiger charge is -2.19. The van der Waals surface area contributed by atoms with E-state index in [-0.39, 0.29) is 38.6 Å². The number of carbonyl (C=O) groups is 2. The van der Waals surface area contributed by atoms with Crippen molar-refractivity contribution >= 4 is 19.8 Å². The number of rotatable bonds is 54. The molecule has 414 valence electrons. The van der Waals surface area contributed by atoms with E-state index in [1.807, 2.05) is 0 Å². The summed E-state index contributed by atoms with van der Waals surface area (Å²) in [5.74, 6) is -0.829. The number of esters is 2. The van der Waals surface area contributed by atoms with Crippen molar-refractivity contribution in [3.63, 3.8) is 0 Å². The fraction of sp³-hybridized carbons (Fsp3) is 0.710. The monoisotopic (exact) mass is 1030 g/mol. The molecule has 0 aromatic rings. The highest BCUT2D eigenvalue weighted by atomic mass is 31.2. The molecule has 0 saturated heterocycles. The summed E-state index contributed by atoms with van der Waals surface area (Å²) in [6.07, 6.45) is 76.0. The van der Waals surface area contributed by atoms with Crippen molar-refractivity contribution in [2.45, 2.75) is 258 Å². The smallest absolute Gasteiger partial charge is 0.462 e. The Morgan fingerprint density at radius 2 is 0.764 bits per heavy atom. The Morgan fingerprint density at radius 1 is 0.431 bits per heavy atom. The van der Waals surface area contributed by atoms with Crippen LogP contribution in [-0.4, -0.2) is 49.3 Å². The van der Waals surface area contributed by atoms with Gasteiger partial charge < -0.3 is 20.1 Å². The predicted molar refractivity (Wildman–Crippen MR) is 307 cm³/mol. The van der Waals surface area contributed by atoms with Crippen LogP contribution in [0.2, 0.25) is 0 Å². The fourth-order valence-corrected chi connectivity index (χ4v) is 8.71. The fourth-order valence-electron chi connectivity index (χ4n) is 7.95. The Hall–Kier alpha value is -3.07. The summed E-state index contributed by atoms with van der Waals surface area (Å²) >= 11 is 0. The number of unbranched alkanes of at least 4 members (excludes halogenated alkanes) is 25. The Labute approximate surface area is 442 Å². The van der Waals surface area contributed by atoms with Gasteiger partial charge in [0.25, 0.3) is 0 Å². The maximum Gasteiger partial charge on any atom is 0.472 e. The number of phosphoric acid groups is 1. The summed E-state index contributed by atoms with van der Waals surface area (Å²) in [7, 11) is -4.39. The molecule has 10 heteroatoms. The second-order valence-corrected chi connectivity index (χ2v) is 20.6. The van der Waals surface area contributed by atoms with E-state index >= 15 is 0 Å². The molecular formula is C62H108NO8P. The molecular weight excluding hydrogens is 918 g/mol. The quantitative estimate of drug-likeness (QED) is 0.0264. The van der Waals surface area contributed by atoms with Crippen LogP contribution in [0, 0.1) is 0 Å². The minimum atomic E-state index is -4.39. The van der Waals surface area contributed by atoms with Gasteiger partial charge in [0.1, 0.15) is 6.61 Å². The first kappa shape index (κ1) is 68.9. The molecule has 0 aromatic heterocycles. The molecule has 0 spiro atoms. The third-order valence-corrected chi connectivity index (χ3v) is 13.2. The van der Waals surface area contributed by atoms with Crippen molar-refractivity contribution < 1.29 is 37.6 Å². The van der Waals surface area contributed by atoms with Gasteiger partial charge in [-0.1, -0.05) is 259 Å². The first-order valence-corrected chi connectivity index (χ1v) is 30.7. The van der Waals surface area contributed by atoms with Crippen LogP contribution < -0.4 is 5.73 Å². The number of nitrogens with two attached hydrogens (primary N) is 1. The van der Waals surface area contributed by atoms with Crippen molar-refractivity contribution in [3.8, 4) is 0 Å². The van der Waals surface area contributed by atoms with Gasteiger partial charge in [0.2, 0.25) is 0 Å². The minimum absolute atomic E-state index is 0.0501. The highest BCUT2D eigenvalue weighted by Gasteiger charge is 2.26. The molecule has 0 aromatic carbocycles. The van der Waals surface area contributed by atoms with Crippen LogP contribution >= 0.6 is 7.82 Å². The highest BCUT2D eigenvalue weighted by Crippen LogP contribution is 2.43. The standard InChI is InChI=1S/C62H108NO8P/c1-3-5-7-9-11-13-15-17-19-21-22-23-24-25-26-27-28-29-30-31-32-33-34-35-36-37-38-39-41-43-45-47-49-51-53-55-62(65)71-60(59-70-72(66,67)69-57-56-63)58-68-61(64)54-52-50-48-46-44-42-40-20-18-16-14-12-10-8-6-4-2/h5,7,11,13,17,19,22-23,25-26,28-29,31-32,34-35,60H,3-4,6,8-10,12,14-16,18,20-21,24,27,30,33,36-59,63H2,1-2H3,(H,66,67)/b7-5-,13-11-,19-17-,23-22-,26-25-,29-28-,32-31-,35-34-. The summed E-state index contributed by atoms with van der Waals surface area (Å²) in [5, 5.41) is 0. The van der Waals surface area contributed by atoms with E-state index in [4.69, 9.17) is 24.3 Å². The number of ether oxygens (including phenoxy) is 2. The molecule has 72 heavy (non-hydrogen) atoms. The molecule has 0 bridgehead atoms. The van der Waals surface area contributed by atoms with Crippen molar-refractivity contribution in [1.82, 2.24) is 0 Å². The number of hydrogen-bond acceptors (Lipinski definition) is 8. The molecule has 2 atom stereocenters. The zero-order chi connectivity index (χ0) is 52.4. The van der Waals surface area contributed by atoms with Gasteiger partial charge in [-0.3, -0.25) is 18.6 Å². The zero-order valence-corrected chi connectivity index (χ0v) is 47.0. The second-order valence-electron chi connectivity index (χ2n) is 19.1. The molecule has 0 saturated carbocycles. The molecule has 0 heterocycles. The second kappa shape index (κ2) is 57.2. The summed E-state index contributed by atoms with van der Waals surface area (Å²) in [6, 6.07) is 0. The first-order valence-electron chi connectivity index (χ1n) is 29.2. The van der Waals surface area contributed by atoms with Gasteiger partial charge in [-0.15, -0.1) is 0 Å². The van der Waals surface area contributed by atoms with Gasteiger partial charge in [0, 0.05) is 19.4 Å². The van der Waals surface area contributed by atoms with Gasteiger partial charge in [-0.25, -0.2) is 4.57 Å². The lowest BCUT2D eigenvalue weighted by Crippen LogP contribution is -2.29. The van der Waals surface area contributed by atoms with E-state index in [0.29, 0.717) is 6.42 Å². The predicted octanol–water partition coefficient (Wildman–Crippen LogP) is 18.5. The Kier molecular flexibility index (Phi) is 54.8. The van der Waals surface area contributed by atoms with Gasteiger partial charge >= 0.3 is 19.8 Å². The van der Waals surface area contributed by atoms with Crippen LogP contribution in [0.15, 0.2) is 97.2 Å². The van der Waals surface area contributed by atoms with Gasteiger partial charge in [-0.05, 0) is 77.0 Å². The molecule has 2 unspecified atom stereocenters. The zero-order valence-electron chi connectivity index (χ0n) is 46.1. The molecule has 0 rings (SSSR count). The lowest BCUT2D eigenvalue weighted by molar-refractivity contribution is -0.161. The molecule has 0 aliphatic carbocycles. The maximum absolute atomic E-state index is 12.7. The summed E-state index contributed by atoms with van der Waals surface area (Å²) in [6.45, 7) is 3.64. The van der Waals surface area contributed by atoms with Crippen LogP contribution in [0.25, 0.3) is 0 Å². The lowest BCUT2D eigenvalue weighted by atomic mass is 10.0. The van der Waals surface area contributed by atoms with Crippen LogP contribution in [0.4, 0.5) is 0 Å². The summed E-state index contributed by atoms with van der Waals surface area (Å²) < 4.78 is 33.0. The number of carbonyl (C=O) groups excluding carboxylic acids is 2. The van der Waals surface area contributed by atoms with Crippen LogP contribution in [-0.2, 0) is 32.7 Å². The third-order valence-electron chi connectivity index (χ3n) is 12.2. The van der Waals surface area contributed by atoms with Gasteiger partial charge in [0.15, 0.2) is 6.10 Å². The van der Waals surface area contributed by atoms with E-state index < -0.39 is 26.5 Å². The van der Waals surface area contributed by atoms with Crippen LogP contribution in [0.1, 0.15) is 251 Å². The van der Waals surface area contributed by atoms with E-state index in [2.05, 4.69) is 111 Å². The van der Waals surface area contributed by atoms with E-state index in [1.54, 1.807) is 0 Å². The van der Waals surface area contributed by atoms with Crippen molar-refractivity contribution in [1.29, 1.82) is 0 Å². The molecule has 0 radical (unpaired) electrons. The maximum atomic E-state index is 12.7. The molecule has 3 N–H and O–H groups in total. The SMILES string of the molecule is CC/C=C\C/C=C\C/C=C\C/C=C\C/C=C\C/C=C\C/C=C\C/C=C\CCCCCCCCCCCCC(=O)OC(COC(=O)CCCCCCCCCCCCCCCCCC)COP(=O)(O)OCCN. The van der Waals surface area contributed by atoms with E-state index in [9.17, 15) is 19.0 Å². The van der Waals surface area contributed by atoms with E-state index in [0.717, 1.165) is 96.3 Å². The third kappa shape index (κ3) is 56.2. The van der Waals surface area contributed by atoms with Crippen LogP contribution in [0.5, 0.6) is 0 Å². The Bertz CT molecular complexity index is 1500. The molecule has 0 aliphatic rings. The highest BCUT2D eigenvalue weighted by molar-refractivity contribution is 7.47. The molecule has 0 fully saturated rings. The minimum Gasteiger partial charge on any atom is -0.462 e. The van der Waals surface area contributed by atoms with E-state index in [1.165, 1.54) is 122 Å². The summed E-state index contributed by atoms with van der Waals surface area (Å²) in [4.78, 5) is 35.1. The molecule has 9 nitrogen and oxygen atoms in total. The van der Waals surface area contributed by atoms with Crippen LogP contribution in [0.3, 0.4) is 0 Å². The van der Waals surface area contributed by atoms with Crippen molar-refractivity contribution in [3.05, 3.63) is 97.2 Å². The average Bonchev–Trinajstić information content (AvgIpc) is 3.37.